The molecule has 6 heteroatoms. The second-order valence-corrected chi connectivity index (χ2v) is 8.20. The van der Waals surface area contributed by atoms with E-state index < -0.39 is 10.0 Å². The van der Waals surface area contributed by atoms with Gasteiger partial charge in [0.1, 0.15) is 6.79 Å². The molecule has 0 aromatic carbocycles. The van der Waals surface area contributed by atoms with Crippen molar-refractivity contribution in [1.29, 1.82) is 0 Å². The van der Waals surface area contributed by atoms with Gasteiger partial charge in [-0.1, -0.05) is 0 Å². The third-order valence-corrected chi connectivity index (χ3v) is 2.01. The van der Waals surface area contributed by atoms with Crippen molar-refractivity contribution in [3.63, 3.8) is 0 Å². The summed E-state index contributed by atoms with van der Waals surface area (Å²) in [7, 11) is 0.942. The smallest absolute Gasteiger partial charge is 0.152 e. The van der Waals surface area contributed by atoms with Crippen LogP contribution >= 0.6 is 10.0 Å². The molecule has 0 bridgehead atoms. The summed E-state index contributed by atoms with van der Waals surface area (Å²) in [6.45, 7) is 0.819. The molecule has 0 aliphatic rings. The number of ether oxygens (including phenoxy) is 5. The molecule has 0 heterocycles. The lowest BCUT2D eigenvalue weighted by atomic mass is 11.2. The molecule has 0 rings (SSSR count). The van der Waals surface area contributed by atoms with Gasteiger partial charge in [0.15, 0.2) is 20.4 Å². The normalized spacial score (nSPS) is 13.1. The maximum Gasteiger partial charge on any atom is 0.152 e. The van der Waals surface area contributed by atoms with Gasteiger partial charge in [0.25, 0.3) is 0 Å². The molecule has 0 fully saturated rings. The van der Waals surface area contributed by atoms with Crippen LogP contribution in [0.2, 0.25) is 0 Å². The monoisotopic (exact) mass is 242 g/mol. The summed E-state index contributed by atoms with van der Waals surface area (Å²) in [5.41, 5.74) is 0. The molecule has 0 atom stereocenters. The summed E-state index contributed by atoms with van der Waals surface area (Å²) >= 11 is 0. The highest BCUT2D eigenvalue weighted by Crippen LogP contribution is 2.33. The Morgan fingerprint density at radius 2 is 1.20 bits per heavy atom. The minimum absolute atomic E-state index is 0.165. The first-order chi connectivity index (χ1) is 7.06. The van der Waals surface area contributed by atoms with E-state index in [0.717, 1.165) is 5.94 Å². The summed E-state index contributed by atoms with van der Waals surface area (Å²) in [6, 6.07) is 0. The summed E-state index contributed by atoms with van der Waals surface area (Å²) < 4.78 is 24.9. The Hall–Kier alpha value is 0.150. The van der Waals surface area contributed by atoms with Crippen molar-refractivity contribution < 1.29 is 23.7 Å². The van der Waals surface area contributed by atoms with Crippen LogP contribution in [0, 0.1) is 0 Å². The molecule has 0 aromatic heterocycles. The third-order valence-electron chi connectivity index (χ3n) is 1.14. The van der Waals surface area contributed by atoms with Crippen LogP contribution in [0.15, 0.2) is 0 Å². The standard InChI is InChI=1S/C9H22O5S/c1-10-5-11-6-12-7-13-8-14-9-15(2,3)4/h5-9H2,1-4H3. The molecule has 0 saturated carbocycles. The van der Waals surface area contributed by atoms with Gasteiger partial charge in [-0.2, -0.15) is 0 Å². The fourth-order valence-electron chi connectivity index (χ4n) is 0.646. The fraction of sp³-hybridized carbons (Fsp3) is 1.00. The number of hydrogen-bond acceptors (Lipinski definition) is 5. The van der Waals surface area contributed by atoms with Crippen LogP contribution in [-0.2, 0) is 23.7 Å². The predicted octanol–water partition coefficient (Wildman–Crippen LogP) is 1.18. The first kappa shape index (κ1) is 15.2. The van der Waals surface area contributed by atoms with Crippen LogP contribution in [0.4, 0.5) is 0 Å². The Morgan fingerprint density at radius 3 is 1.67 bits per heavy atom. The highest BCUT2D eigenvalue weighted by Gasteiger charge is 2.02. The minimum atomic E-state index is -0.613. The molecule has 15 heavy (non-hydrogen) atoms. The van der Waals surface area contributed by atoms with E-state index in [1.807, 2.05) is 0 Å². The van der Waals surface area contributed by atoms with Crippen LogP contribution in [0.25, 0.3) is 0 Å². The van der Waals surface area contributed by atoms with Gasteiger partial charge in [0.2, 0.25) is 0 Å². The van der Waals surface area contributed by atoms with Gasteiger partial charge in [-0.05, 0) is 18.8 Å². The number of rotatable bonds is 10. The lowest BCUT2D eigenvalue weighted by Gasteiger charge is -2.24. The molecule has 0 aromatic rings. The molecule has 0 aliphatic heterocycles. The van der Waals surface area contributed by atoms with E-state index in [-0.39, 0.29) is 27.2 Å². The van der Waals surface area contributed by atoms with Crippen molar-refractivity contribution >= 4 is 10.0 Å². The zero-order chi connectivity index (χ0) is 11.6. The average Bonchev–Trinajstić information content (AvgIpc) is 2.14. The third kappa shape index (κ3) is 14.2. The number of methoxy groups -OCH3 is 1. The summed E-state index contributed by atoms with van der Waals surface area (Å²) in [5.74, 6) is 0.743. The van der Waals surface area contributed by atoms with Crippen molar-refractivity contribution in [2.75, 3.05) is 59.0 Å². The molecular weight excluding hydrogens is 220 g/mol. The molecule has 0 unspecified atom stereocenters. The van der Waals surface area contributed by atoms with Crippen molar-refractivity contribution in [3.05, 3.63) is 0 Å². The maximum atomic E-state index is 5.30. The van der Waals surface area contributed by atoms with E-state index in [2.05, 4.69) is 23.5 Å². The topological polar surface area (TPSA) is 46.2 Å². The predicted molar refractivity (Wildman–Crippen MR) is 61.0 cm³/mol. The van der Waals surface area contributed by atoms with Crippen molar-refractivity contribution in [3.8, 4) is 0 Å². The highest BCUT2D eigenvalue weighted by molar-refractivity contribution is 8.32. The Balaban J connectivity index is 2.99. The van der Waals surface area contributed by atoms with Crippen molar-refractivity contribution in [2.24, 2.45) is 0 Å². The Labute approximate surface area is 93.3 Å². The largest absolute Gasteiger partial charge is 0.359 e. The first-order valence-corrected chi connectivity index (χ1v) is 7.55. The van der Waals surface area contributed by atoms with Gasteiger partial charge in [0, 0.05) is 7.11 Å². The van der Waals surface area contributed by atoms with E-state index in [9.17, 15) is 0 Å². The van der Waals surface area contributed by atoms with Crippen LogP contribution in [0.1, 0.15) is 0 Å². The van der Waals surface area contributed by atoms with Gasteiger partial charge >= 0.3 is 0 Å². The van der Waals surface area contributed by atoms with Crippen molar-refractivity contribution in [1.82, 2.24) is 0 Å². The summed E-state index contributed by atoms with van der Waals surface area (Å²) in [6.07, 6.45) is 6.55. The van der Waals surface area contributed by atoms with Crippen LogP contribution in [-0.4, -0.2) is 59.0 Å². The van der Waals surface area contributed by atoms with Crippen LogP contribution < -0.4 is 0 Å². The average molecular weight is 242 g/mol. The van der Waals surface area contributed by atoms with Gasteiger partial charge in [-0.25, -0.2) is 10.0 Å². The van der Waals surface area contributed by atoms with Gasteiger partial charge in [0.05, 0.1) is 5.94 Å². The zero-order valence-electron chi connectivity index (χ0n) is 9.99. The second-order valence-electron chi connectivity index (χ2n) is 3.79. The molecule has 0 radical (unpaired) electrons. The summed E-state index contributed by atoms with van der Waals surface area (Å²) in [5, 5.41) is 0. The molecule has 0 amide bonds. The number of hydrogen-bond donors (Lipinski definition) is 0. The van der Waals surface area contributed by atoms with Crippen molar-refractivity contribution in [2.45, 2.75) is 0 Å². The van der Waals surface area contributed by atoms with Gasteiger partial charge < -0.3 is 23.7 Å². The molecule has 0 aliphatic carbocycles. The van der Waals surface area contributed by atoms with Crippen LogP contribution in [0.3, 0.4) is 0 Å². The lowest BCUT2D eigenvalue weighted by molar-refractivity contribution is -0.185. The lowest BCUT2D eigenvalue weighted by Crippen LogP contribution is -2.10. The molecule has 0 N–H and O–H groups in total. The maximum absolute atomic E-state index is 5.30. The zero-order valence-corrected chi connectivity index (χ0v) is 10.8. The Morgan fingerprint density at radius 1 is 0.733 bits per heavy atom. The minimum Gasteiger partial charge on any atom is -0.359 e. The van der Waals surface area contributed by atoms with E-state index in [4.69, 9.17) is 18.9 Å². The van der Waals surface area contributed by atoms with E-state index in [0.29, 0.717) is 0 Å². The second kappa shape index (κ2) is 9.38. The Kier molecular flexibility index (Phi) is 9.48. The van der Waals surface area contributed by atoms with E-state index in [1.165, 1.54) is 0 Å². The molecule has 94 valence electrons. The van der Waals surface area contributed by atoms with E-state index >= 15 is 0 Å². The summed E-state index contributed by atoms with van der Waals surface area (Å²) in [4.78, 5) is 0. The van der Waals surface area contributed by atoms with Gasteiger partial charge in [-0.15, -0.1) is 0 Å². The molecular formula is C9H22O5S. The highest BCUT2D eigenvalue weighted by atomic mass is 32.3. The quantitative estimate of drug-likeness (QED) is 0.425. The van der Waals surface area contributed by atoms with E-state index in [1.54, 1.807) is 7.11 Å². The van der Waals surface area contributed by atoms with Crippen LogP contribution in [0.5, 0.6) is 0 Å². The SMILES string of the molecule is COCOCOCOCOCS(C)(C)C. The molecule has 0 spiro atoms. The fourth-order valence-corrected chi connectivity index (χ4v) is 1.21. The first-order valence-electron chi connectivity index (χ1n) is 4.52. The molecule has 5 nitrogen and oxygen atoms in total. The van der Waals surface area contributed by atoms with Gasteiger partial charge in [-0.3, -0.25) is 0 Å². The molecule has 0 saturated heterocycles. The Bertz CT molecular complexity index is 137.